The molecule has 1 aliphatic rings. The van der Waals surface area contributed by atoms with Crippen LogP contribution in [0.25, 0.3) is 11.0 Å². The Hall–Kier alpha value is -3.78. The van der Waals surface area contributed by atoms with Gasteiger partial charge in [-0.1, -0.05) is 48.3 Å². The lowest BCUT2D eigenvalue weighted by Gasteiger charge is -2.22. The van der Waals surface area contributed by atoms with Crippen LogP contribution in [0.4, 0.5) is 5.13 Å². The van der Waals surface area contributed by atoms with Crippen molar-refractivity contribution in [3.8, 4) is 5.75 Å². The van der Waals surface area contributed by atoms with Crippen LogP contribution in [0.2, 0.25) is 0 Å². The van der Waals surface area contributed by atoms with E-state index >= 15 is 0 Å². The van der Waals surface area contributed by atoms with Crippen molar-refractivity contribution < 1.29 is 13.9 Å². The highest BCUT2D eigenvalue weighted by molar-refractivity contribution is 7.13. The van der Waals surface area contributed by atoms with Crippen LogP contribution in [0.1, 0.15) is 27.7 Å². The Kier molecular flexibility index (Phi) is 4.40. The van der Waals surface area contributed by atoms with Crippen molar-refractivity contribution in [2.45, 2.75) is 6.04 Å². The fourth-order valence-corrected chi connectivity index (χ4v) is 4.19. The minimum atomic E-state index is -0.672. The van der Waals surface area contributed by atoms with Crippen molar-refractivity contribution in [3.63, 3.8) is 0 Å². The van der Waals surface area contributed by atoms with Crippen LogP contribution in [-0.2, 0) is 0 Å². The van der Waals surface area contributed by atoms with Crippen LogP contribution in [0.15, 0.2) is 75.9 Å². The van der Waals surface area contributed by atoms with E-state index in [1.807, 2.05) is 12.1 Å². The first-order valence-corrected chi connectivity index (χ1v) is 10.1. The van der Waals surface area contributed by atoms with Gasteiger partial charge in [-0.15, -0.1) is 10.2 Å². The van der Waals surface area contributed by atoms with E-state index in [0.29, 0.717) is 34.0 Å². The first-order chi connectivity index (χ1) is 14.7. The smallest absolute Gasteiger partial charge is 0.297 e. The fourth-order valence-electron chi connectivity index (χ4n) is 3.61. The summed E-state index contributed by atoms with van der Waals surface area (Å²) in [7, 11) is 0. The number of ether oxygens (including phenoxy) is 1. The molecule has 148 valence electrons. The molecule has 1 aliphatic heterocycles. The number of amides is 1. The van der Waals surface area contributed by atoms with E-state index in [2.05, 4.69) is 16.8 Å². The van der Waals surface area contributed by atoms with Crippen molar-refractivity contribution >= 4 is 33.3 Å². The Morgan fingerprint density at radius 1 is 1.17 bits per heavy atom. The van der Waals surface area contributed by atoms with Crippen molar-refractivity contribution in [2.75, 3.05) is 11.5 Å². The summed E-state index contributed by atoms with van der Waals surface area (Å²) < 4.78 is 11.4. The molecule has 7 nitrogen and oxygen atoms in total. The molecule has 0 bridgehead atoms. The number of rotatable bonds is 5. The molecule has 0 N–H and O–H groups in total. The van der Waals surface area contributed by atoms with Gasteiger partial charge in [-0.05, 0) is 29.8 Å². The number of benzene rings is 2. The summed E-state index contributed by atoms with van der Waals surface area (Å²) in [5, 5.41) is 8.74. The Balaban J connectivity index is 1.71. The number of carbonyl (C=O) groups is 1. The van der Waals surface area contributed by atoms with Crippen LogP contribution < -0.4 is 15.1 Å². The number of carbonyl (C=O) groups excluding carboxylic acids is 1. The lowest BCUT2D eigenvalue weighted by atomic mass is 9.98. The van der Waals surface area contributed by atoms with Gasteiger partial charge in [0.2, 0.25) is 10.9 Å². The zero-order valence-electron chi connectivity index (χ0n) is 15.6. The Morgan fingerprint density at radius 3 is 2.70 bits per heavy atom. The van der Waals surface area contributed by atoms with E-state index in [9.17, 15) is 9.59 Å². The van der Waals surface area contributed by atoms with Gasteiger partial charge < -0.3 is 9.15 Å². The molecular weight excluding hydrogens is 402 g/mol. The van der Waals surface area contributed by atoms with E-state index in [1.165, 1.54) is 16.2 Å². The molecule has 5 rings (SSSR count). The zero-order valence-corrected chi connectivity index (χ0v) is 16.5. The topological polar surface area (TPSA) is 85.5 Å². The van der Waals surface area contributed by atoms with Gasteiger partial charge in [0.15, 0.2) is 5.43 Å². The Bertz CT molecular complexity index is 1310. The van der Waals surface area contributed by atoms with E-state index in [-0.39, 0.29) is 11.2 Å². The average molecular weight is 417 g/mol. The number of nitrogens with zero attached hydrogens (tertiary/aromatic N) is 3. The lowest BCUT2D eigenvalue weighted by molar-refractivity contribution is 0.0970. The van der Waals surface area contributed by atoms with E-state index in [0.717, 1.165) is 5.56 Å². The van der Waals surface area contributed by atoms with E-state index in [1.54, 1.807) is 48.0 Å². The Labute approximate surface area is 174 Å². The molecule has 8 heteroatoms. The highest BCUT2D eigenvalue weighted by Crippen LogP contribution is 2.41. The minimum Gasteiger partial charge on any atom is -0.490 e. The summed E-state index contributed by atoms with van der Waals surface area (Å²) in [6.45, 7) is 4.02. The van der Waals surface area contributed by atoms with E-state index in [4.69, 9.17) is 9.15 Å². The first-order valence-electron chi connectivity index (χ1n) is 9.18. The minimum absolute atomic E-state index is 0.0332. The average Bonchev–Trinajstić information content (AvgIpc) is 3.40. The molecule has 0 saturated heterocycles. The second-order valence-electron chi connectivity index (χ2n) is 6.64. The molecule has 3 heterocycles. The molecule has 0 radical (unpaired) electrons. The Morgan fingerprint density at radius 2 is 1.97 bits per heavy atom. The highest BCUT2D eigenvalue weighted by Gasteiger charge is 2.44. The zero-order chi connectivity index (χ0) is 20.7. The maximum Gasteiger partial charge on any atom is 0.297 e. The predicted molar refractivity (Wildman–Crippen MR) is 113 cm³/mol. The maximum absolute atomic E-state index is 13.4. The third-order valence-electron chi connectivity index (χ3n) is 4.90. The number of para-hydroxylation sites is 1. The van der Waals surface area contributed by atoms with Gasteiger partial charge in [-0.3, -0.25) is 14.5 Å². The number of hydrogen-bond acceptors (Lipinski definition) is 7. The first kappa shape index (κ1) is 18.3. The summed E-state index contributed by atoms with van der Waals surface area (Å²) in [5.41, 5.74) is 2.73. The van der Waals surface area contributed by atoms with Gasteiger partial charge in [-0.25, -0.2) is 0 Å². The predicted octanol–water partition coefficient (Wildman–Crippen LogP) is 3.96. The summed E-state index contributed by atoms with van der Waals surface area (Å²) in [5.74, 6) is 0.281. The molecule has 0 saturated carbocycles. The molecule has 30 heavy (non-hydrogen) atoms. The second-order valence-corrected chi connectivity index (χ2v) is 7.45. The van der Waals surface area contributed by atoms with Gasteiger partial charge in [0.25, 0.3) is 5.91 Å². The molecule has 0 fully saturated rings. The second kappa shape index (κ2) is 7.23. The summed E-state index contributed by atoms with van der Waals surface area (Å²) >= 11 is 1.22. The molecule has 1 amide bonds. The highest BCUT2D eigenvalue weighted by atomic mass is 32.1. The summed E-state index contributed by atoms with van der Waals surface area (Å²) in [4.78, 5) is 28.1. The van der Waals surface area contributed by atoms with E-state index < -0.39 is 11.9 Å². The molecule has 2 aromatic carbocycles. The standard InChI is InChI=1S/C22H15N3O4S/c1-2-11-28-14-9-7-13(8-10-14)18-17-19(26)15-5-3-4-6-16(15)29-20(17)21(27)25(18)22-24-23-12-30-22/h2-10,12,18H,1,11H2/t18-/m0/s1. The molecule has 0 spiro atoms. The SMILES string of the molecule is C=CCOc1ccc([C@H]2c3c(oc4ccccc4c3=O)C(=O)N2c2nncs2)cc1. The molecule has 2 aromatic heterocycles. The van der Waals surface area contributed by atoms with Crippen molar-refractivity contribution in [3.05, 3.63) is 93.8 Å². The number of fused-ring (bicyclic) bond motifs is 2. The molecular formula is C22H15N3O4S. The maximum atomic E-state index is 13.4. The fraction of sp³-hybridized carbons (Fsp3) is 0.0909. The largest absolute Gasteiger partial charge is 0.490 e. The summed E-state index contributed by atoms with van der Waals surface area (Å²) in [6.07, 6.45) is 1.66. The summed E-state index contributed by atoms with van der Waals surface area (Å²) in [6, 6.07) is 13.5. The van der Waals surface area contributed by atoms with Crippen LogP contribution >= 0.6 is 11.3 Å². The lowest BCUT2D eigenvalue weighted by Crippen LogP contribution is -2.29. The third-order valence-corrected chi connectivity index (χ3v) is 5.58. The van der Waals surface area contributed by atoms with Crippen LogP contribution in [0, 0.1) is 0 Å². The molecule has 0 aliphatic carbocycles. The van der Waals surface area contributed by atoms with Gasteiger partial charge in [-0.2, -0.15) is 0 Å². The molecule has 1 atom stereocenters. The van der Waals surface area contributed by atoms with Gasteiger partial charge >= 0.3 is 0 Å². The third kappa shape index (κ3) is 2.81. The van der Waals surface area contributed by atoms with Crippen molar-refractivity contribution in [2.24, 2.45) is 0 Å². The quantitative estimate of drug-likeness (QED) is 0.457. The van der Waals surface area contributed by atoms with Crippen LogP contribution in [0.5, 0.6) is 5.75 Å². The van der Waals surface area contributed by atoms with Crippen LogP contribution in [0.3, 0.4) is 0 Å². The van der Waals surface area contributed by atoms with Gasteiger partial charge in [0.05, 0.1) is 17.0 Å². The van der Waals surface area contributed by atoms with Gasteiger partial charge in [0.1, 0.15) is 23.4 Å². The number of aromatic nitrogens is 2. The van der Waals surface area contributed by atoms with Crippen molar-refractivity contribution in [1.29, 1.82) is 0 Å². The van der Waals surface area contributed by atoms with Gasteiger partial charge in [0, 0.05) is 0 Å². The van der Waals surface area contributed by atoms with Crippen molar-refractivity contribution in [1.82, 2.24) is 10.2 Å². The number of hydrogen-bond donors (Lipinski definition) is 0. The normalized spacial score (nSPS) is 15.4. The molecule has 0 unspecified atom stereocenters. The van der Waals surface area contributed by atoms with Crippen LogP contribution in [-0.4, -0.2) is 22.7 Å². The monoisotopic (exact) mass is 417 g/mol. The number of anilines is 1. The molecule has 4 aromatic rings.